The van der Waals surface area contributed by atoms with Crippen LogP contribution in [-0.2, 0) is 10.4 Å². The number of aliphatic imine (C=N–C) groups is 1. The van der Waals surface area contributed by atoms with Gasteiger partial charge < -0.3 is 16.4 Å². The highest BCUT2D eigenvalue weighted by Crippen LogP contribution is 2.08. The lowest BCUT2D eigenvalue weighted by atomic mass is 10.1. The van der Waals surface area contributed by atoms with E-state index in [9.17, 15) is 0 Å². The van der Waals surface area contributed by atoms with Crippen LogP contribution in [0.25, 0.3) is 0 Å². The highest BCUT2D eigenvalue weighted by molar-refractivity contribution is 7.79. The maximum atomic E-state index is 8.74. The van der Waals surface area contributed by atoms with Crippen LogP contribution in [0.15, 0.2) is 4.99 Å². The molecule has 0 unspecified atom stereocenters. The van der Waals surface area contributed by atoms with Crippen LogP contribution < -0.4 is 11.5 Å². The number of likely N-dealkylation sites (tertiary alicyclic amines) is 1. The maximum absolute atomic E-state index is 8.74. The normalized spacial score (nSPS) is 16.6. The van der Waals surface area contributed by atoms with Gasteiger partial charge in [-0.3, -0.25) is 14.1 Å². The zero-order valence-electron chi connectivity index (χ0n) is 10.3. The molecule has 1 saturated heterocycles. The fourth-order valence-corrected chi connectivity index (χ4v) is 1.69. The van der Waals surface area contributed by atoms with E-state index in [1.165, 1.54) is 32.4 Å². The van der Waals surface area contributed by atoms with Gasteiger partial charge >= 0.3 is 10.4 Å². The zero-order chi connectivity index (χ0) is 14.0. The summed E-state index contributed by atoms with van der Waals surface area (Å²) in [4.78, 5) is 6.45. The number of piperidine rings is 1. The van der Waals surface area contributed by atoms with Gasteiger partial charge in [-0.15, -0.1) is 0 Å². The smallest absolute Gasteiger partial charge is 0.370 e. The Bertz CT molecular complexity index is 326. The van der Waals surface area contributed by atoms with Crippen molar-refractivity contribution in [2.24, 2.45) is 16.5 Å². The summed E-state index contributed by atoms with van der Waals surface area (Å²) >= 11 is 0. The summed E-state index contributed by atoms with van der Waals surface area (Å²) in [6, 6.07) is 0. The van der Waals surface area contributed by atoms with E-state index in [4.69, 9.17) is 29.0 Å². The predicted molar refractivity (Wildman–Crippen MR) is 69.8 cm³/mol. The molecule has 6 N–H and O–H groups in total. The Morgan fingerprint density at radius 2 is 1.67 bits per heavy atom. The van der Waals surface area contributed by atoms with Crippen LogP contribution in [0.3, 0.4) is 0 Å². The number of guanidine groups is 1. The highest BCUT2D eigenvalue weighted by atomic mass is 32.3. The van der Waals surface area contributed by atoms with Crippen molar-refractivity contribution in [3.8, 4) is 0 Å². The molecule has 0 aromatic rings. The summed E-state index contributed by atoms with van der Waals surface area (Å²) < 4.78 is 31.6. The minimum absolute atomic E-state index is 0.207. The Morgan fingerprint density at radius 1 is 1.17 bits per heavy atom. The molecule has 18 heavy (non-hydrogen) atoms. The lowest BCUT2D eigenvalue weighted by Crippen LogP contribution is -2.31. The molecule has 0 spiro atoms. The van der Waals surface area contributed by atoms with Crippen molar-refractivity contribution in [3.63, 3.8) is 0 Å². The molecule has 1 rings (SSSR count). The van der Waals surface area contributed by atoms with Crippen molar-refractivity contribution in [2.45, 2.75) is 25.7 Å². The minimum Gasteiger partial charge on any atom is -0.370 e. The summed E-state index contributed by atoms with van der Waals surface area (Å²) in [6.07, 6.45) is 5.16. The van der Waals surface area contributed by atoms with Gasteiger partial charge in [-0.05, 0) is 38.9 Å². The Balaban J connectivity index is 0.000000494. The fourth-order valence-electron chi connectivity index (χ4n) is 1.69. The van der Waals surface area contributed by atoms with Crippen molar-refractivity contribution in [3.05, 3.63) is 0 Å². The molecule has 0 aromatic heterocycles. The summed E-state index contributed by atoms with van der Waals surface area (Å²) in [5, 5.41) is 0. The molecule has 0 aliphatic carbocycles. The summed E-state index contributed by atoms with van der Waals surface area (Å²) in [6.45, 7) is 4.40. The van der Waals surface area contributed by atoms with Gasteiger partial charge in [0.25, 0.3) is 0 Å². The quantitative estimate of drug-likeness (QED) is 0.235. The van der Waals surface area contributed by atoms with E-state index in [0.717, 1.165) is 19.5 Å². The number of hydrogen-bond donors (Lipinski definition) is 4. The first kappa shape index (κ1) is 17.1. The number of rotatable bonds is 4. The Kier molecular flexibility index (Phi) is 8.63. The van der Waals surface area contributed by atoms with Gasteiger partial charge in [-0.2, -0.15) is 8.42 Å². The maximum Gasteiger partial charge on any atom is 0.394 e. The number of nitrogens with zero attached hydrogens (tertiary/aromatic N) is 2. The van der Waals surface area contributed by atoms with Gasteiger partial charge in [-0.25, -0.2) is 0 Å². The van der Waals surface area contributed by atoms with Crippen molar-refractivity contribution < 1.29 is 17.5 Å². The molecule has 9 heteroatoms. The van der Waals surface area contributed by atoms with E-state index in [-0.39, 0.29) is 5.96 Å². The van der Waals surface area contributed by atoms with Crippen LogP contribution in [0.5, 0.6) is 0 Å². The highest BCUT2D eigenvalue weighted by Gasteiger charge is 2.08. The van der Waals surface area contributed by atoms with Crippen molar-refractivity contribution in [1.82, 2.24) is 4.90 Å². The third-order valence-electron chi connectivity index (χ3n) is 2.38. The average Bonchev–Trinajstić information content (AvgIpc) is 2.23. The fraction of sp³-hybridized carbons (Fsp3) is 0.889. The molecule has 0 saturated carbocycles. The SMILES string of the molecule is NC(N)=NCCCN1CCCCC1.O=S(=O)(O)O. The third-order valence-corrected chi connectivity index (χ3v) is 2.38. The molecule has 0 amide bonds. The summed E-state index contributed by atoms with van der Waals surface area (Å²) in [5.74, 6) is 0.207. The predicted octanol–water partition coefficient (Wildman–Crippen LogP) is -0.517. The van der Waals surface area contributed by atoms with E-state index in [0.29, 0.717) is 0 Å². The second kappa shape index (κ2) is 9.09. The van der Waals surface area contributed by atoms with Gasteiger partial charge in [0.1, 0.15) is 0 Å². The molecule has 0 bridgehead atoms. The van der Waals surface area contributed by atoms with Crippen LogP contribution in [0, 0.1) is 0 Å². The van der Waals surface area contributed by atoms with Crippen LogP contribution >= 0.6 is 0 Å². The Hall–Kier alpha value is -0.900. The lowest BCUT2D eigenvalue weighted by Gasteiger charge is -2.25. The monoisotopic (exact) mass is 282 g/mol. The van der Waals surface area contributed by atoms with Gasteiger partial charge in [0, 0.05) is 6.54 Å². The van der Waals surface area contributed by atoms with E-state index in [2.05, 4.69) is 9.89 Å². The summed E-state index contributed by atoms with van der Waals surface area (Å²) in [5.41, 5.74) is 10.5. The first-order valence-corrected chi connectivity index (χ1v) is 7.16. The van der Waals surface area contributed by atoms with E-state index in [1.54, 1.807) is 0 Å². The number of nitrogens with two attached hydrogens (primary N) is 2. The van der Waals surface area contributed by atoms with E-state index >= 15 is 0 Å². The zero-order valence-corrected chi connectivity index (χ0v) is 11.1. The molecular weight excluding hydrogens is 260 g/mol. The largest absolute Gasteiger partial charge is 0.394 e. The molecular formula is C9H22N4O4S. The first-order valence-electron chi connectivity index (χ1n) is 5.76. The van der Waals surface area contributed by atoms with Crippen LogP contribution in [0.2, 0.25) is 0 Å². The first-order chi connectivity index (χ1) is 8.29. The van der Waals surface area contributed by atoms with Crippen molar-refractivity contribution >= 4 is 16.4 Å². The van der Waals surface area contributed by atoms with Crippen molar-refractivity contribution in [1.29, 1.82) is 0 Å². The Morgan fingerprint density at radius 3 is 2.11 bits per heavy atom. The van der Waals surface area contributed by atoms with Crippen LogP contribution in [0.4, 0.5) is 0 Å². The Labute approximate surface area is 108 Å². The van der Waals surface area contributed by atoms with E-state index in [1.807, 2.05) is 0 Å². The van der Waals surface area contributed by atoms with Gasteiger partial charge in [0.15, 0.2) is 5.96 Å². The minimum atomic E-state index is -4.67. The molecule has 0 atom stereocenters. The molecule has 8 nitrogen and oxygen atoms in total. The lowest BCUT2D eigenvalue weighted by molar-refractivity contribution is 0.228. The van der Waals surface area contributed by atoms with Crippen LogP contribution in [-0.4, -0.2) is 54.6 Å². The second-order valence-electron chi connectivity index (χ2n) is 4.01. The average molecular weight is 282 g/mol. The molecule has 0 aromatic carbocycles. The van der Waals surface area contributed by atoms with Crippen LogP contribution in [0.1, 0.15) is 25.7 Å². The van der Waals surface area contributed by atoms with Crippen molar-refractivity contribution in [2.75, 3.05) is 26.2 Å². The number of hydrogen-bond acceptors (Lipinski definition) is 4. The molecule has 108 valence electrons. The molecule has 1 heterocycles. The second-order valence-corrected chi connectivity index (χ2v) is 4.91. The molecule has 1 fully saturated rings. The van der Waals surface area contributed by atoms with Gasteiger partial charge in [0.05, 0.1) is 0 Å². The summed E-state index contributed by atoms with van der Waals surface area (Å²) in [7, 11) is -4.67. The molecule has 0 radical (unpaired) electrons. The third kappa shape index (κ3) is 15.1. The molecule has 1 aliphatic heterocycles. The molecule has 1 aliphatic rings. The standard InChI is InChI=1S/C9H20N4.H2O4S/c10-9(11)12-5-4-8-13-6-2-1-3-7-13;1-5(2,3)4/h1-8H2,(H4,10,11,12);(H2,1,2,3,4). The topological polar surface area (TPSA) is 142 Å². The van der Waals surface area contributed by atoms with E-state index < -0.39 is 10.4 Å². The van der Waals surface area contributed by atoms with Gasteiger partial charge in [-0.1, -0.05) is 6.42 Å². The van der Waals surface area contributed by atoms with Gasteiger partial charge in [0.2, 0.25) is 0 Å².